The maximum atomic E-state index is 12.1. The van der Waals surface area contributed by atoms with Crippen LogP contribution in [0.1, 0.15) is 11.9 Å². The van der Waals surface area contributed by atoms with Gasteiger partial charge in [-0.05, 0) is 50.4 Å². The Balaban J connectivity index is 1.35. The maximum Gasteiger partial charge on any atom is 0.234 e. The van der Waals surface area contributed by atoms with Gasteiger partial charge in [-0.2, -0.15) is 0 Å². The van der Waals surface area contributed by atoms with Gasteiger partial charge < -0.3 is 14.8 Å². The molecule has 1 heterocycles. The highest BCUT2D eigenvalue weighted by atomic mass is 32.1. The van der Waals surface area contributed by atoms with Gasteiger partial charge in [-0.1, -0.05) is 12.1 Å². The van der Waals surface area contributed by atoms with Gasteiger partial charge in [-0.25, -0.2) is 4.98 Å². The number of nitrogens with zero attached hydrogens (tertiary/aromatic N) is 2. The predicted octanol–water partition coefficient (Wildman–Crippen LogP) is 3.32. The van der Waals surface area contributed by atoms with Gasteiger partial charge in [0, 0.05) is 0 Å². The fourth-order valence-electron chi connectivity index (χ4n) is 2.73. The minimum absolute atomic E-state index is 0.0288. The number of thiazole rings is 1. The first-order valence-electron chi connectivity index (χ1n) is 9.29. The average Bonchev–Trinajstić information content (AvgIpc) is 3.08. The summed E-state index contributed by atoms with van der Waals surface area (Å²) in [5, 5.41) is 3.89. The Kier molecular flexibility index (Phi) is 7.22. The molecule has 0 bridgehead atoms. The molecule has 0 aliphatic heterocycles. The molecule has 0 aliphatic rings. The third-order valence-corrected chi connectivity index (χ3v) is 5.01. The van der Waals surface area contributed by atoms with Crippen molar-refractivity contribution in [2.75, 3.05) is 33.4 Å². The molecule has 6 nitrogen and oxygen atoms in total. The van der Waals surface area contributed by atoms with Gasteiger partial charge in [-0.15, -0.1) is 11.3 Å². The van der Waals surface area contributed by atoms with E-state index in [1.165, 1.54) is 4.70 Å². The van der Waals surface area contributed by atoms with Crippen LogP contribution in [0.5, 0.6) is 11.5 Å². The van der Waals surface area contributed by atoms with Gasteiger partial charge in [-0.3, -0.25) is 9.69 Å². The Morgan fingerprint density at radius 1 is 1.11 bits per heavy atom. The Morgan fingerprint density at radius 2 is 1.82 bits per heavy atom. The molecule has 0 fully saturated rings. The molecule has 0 spiro atoms. The van der Waals surface area contributed by atoms with E-state index in [4.69, 9.17) is 9.47 Å². The number of rotatable bonds is 10. The number of likely N-dealkylation sites (N-methyl/N-ethyl adjacent to an activating group) is 1. The lowest BCUT2D eigenvalue weighted by Crippen LogP contribution is -2.36. The number of carbonyl (C=O) groups excluding carboxylic acids is 1. The summed E-state index contributed by atoms with van der Waals surface area (Å²) in [5.74, 6) is 1.55. The molecular formula is C21H25N3O3S. The van der Waals surface area contributed by atoms with E-state index >= 15 is 0 Å². The lowest BCUT2D eigenvalue weighted by molar-refractivity contribution is -0.122. The Morgan fingerprint density at radius 3 is 2.54 bits per heavy atom. The standard InChI is InChI=1S/C21H25N3O3S/c1-3-26-16-8-10-17(11-9-16)27-13-12-22-20(25)14-24(2)15-21-23-18-6-4-5-7-19(18)28-21/h4-11H,3,12-15H2,1-2H3,(H,22,25). The molecule has 3 aromatic rings. The monoisotopic (exact) mass is 399 g/mol. The Labute approximate surface area is 169 Å². The first-order valence-corrected chi connectivity index (χ1v) is 10.1. The number of carbonyl (C=O) groups is 1. The lowest BCUT2D eigenvalue weighted by Gasteiger charge is -2.15. The average molecular weight is 400 g/mol. The van der Waals surface area contributed by atoms with Crippen molar-refractivity contribution in [3.63, 3.8) is 0 Å². The van der Waals surface area contributed by atoms with Crippen molar-refractivity contribution in [2.24, 2.45) is 0 Å². The van der Waals surface area contributed by atoms with Gasteiger partial charge in [0.25, 0.3) is 0 Å². The van der Waals surface area contributed by atoms with Crippen molar-refractivity contribution in [2.45, 2.75) is 13.5 Å². The van der Waals surface area contributed by atoms with Crippen LogP contribution in [0.4, 0.5) is 0 Å². The molecule has 148 valence electrons. The number of hydrogen-bond donors (Lipinski definition) is 1. The van der Waals surface area contributed by atoms with Crippen LogP contribution in [0.2, 0.25) is 0 Å². The van der Waals surface area contributed by atoms with E-state index in [1.807, 2.05) is 61.3 Å². The van der Waals surface area contributed by atoms with Crippen LogP contribution in [0.25, 0.3) is 10.2 Å². The molecule has 7 heteroatoms. The second-order valence-electron chi connectivity index (χ2n) is 6.35. The summed E-state index contributed by atoms with van der Waals surface area (Å²) in [7, 11) is 1.92. The van der Waals surface area contributed by atoms with Crippen molar-refractivity contribution < 1.29 is 14.3 Å². The van der Waals surface area contributed by atoms with E-state index in [9.17, 15) is 4.79 Å². The van der Waals surface area contributed by atoms with Crippen molar-refractivity contribution in [3.05, 3.63) is 53.5 Å². The second kappa shape index (κ2) is 10.1. The molecule has 0 aliphatic carbocycles. The molecule has 2 aromatic carbocycles. The van der Waals surface area contributed by atoms with Crippen LogP contribution in [0, 0.1) is 0 Å². The van der Waals surface area contributed by atoms with E-state index in [0.717, 1.165) is 22.0 Å². The minimum Gasteiger partial charge on any atom is -0.494 e. The number of nitrogens with one attached hydrogen (secondary N) is 1. The molecule has 28 heavy (non-hydrogen) atoms. The van der Waals surface area contributed by atoms with Crippen molar-refractivity contribution in [1.82, 2.24) is 15.2 Å². The number of benzene rings is 2. The largest absolute Gasteiger partial charge is 0.494 e. The van der Waals surface area contributed by atoms with Gasteiger partial charge in [0.2, 0.25) is 5.91 Å². The summed E-state index contributed by atoms with van der Waals surface area (Å²) in [5.41, 5.74) is 1.01. The Hall–Kier alpha value is -2.64. The van der Waals surface area contributed by atoms with Crippen LogP contribution in [0.3, 0.4) is 0 Å². The fourth-order valence-corrected chi connectivity index (χ4v) is 3.78. The van der Waals surface area contributed by atoms with Crippen LogP contribution < -0.4 is 14.8 Å². The van der Waals surface area contributed by atoms with Crippen LogP contribution in [-0.2, 0) is 11.3 Å². The van der Waals surface area contributed by atoms with Gasteiger partial charge >= 0.3 is 0 Å². The number of ether oxygens (including phenoxy) is 2. The normalized spacial score (nSPS) is 11.0. The molecule has 1 aromatic heterocycles. The first-order chi connectivity index (χ1) is 13.6. The zero-order valence-corrected chi connectivity index (χ0v) is 17.0. The van der Waals surface area contributed by atoms with E-state index in [2.05, 4.69) is 16.4 Å². The minimum atomic E-state index is -0.0288. The number of amides is 1. The molecule has 0 saturated carbocycles. The molecule has 0 saturated heterocycles. The van der Waals surface area contributed by atoms with Crippen molar-refractivity contribution in [3.8, 4) is 11.5 Å². The van der Waals surface area contributed by atoms with Gasteiger partial charge in [0.05, 0.1) is 36.5 Å². The highest BCUT2D eigenvalue weighted by Gasteiger charge is 2.10. The molecule has 0 atom stereocenters. The lowest BCUT2D eigenvalue weighted by atomic mass is 10.3. The van der Waals surface area contributed by atoms with Crippen molar-refractivity contribution >= 4 is 27.5 Å². The molecule has 0 unspecified atom stereocenters. The highest BCUT2D eigenvalue weighted by molar-refractivity contribution is 7.18. The Bertz CT molecular complexity index is 862. The topological polar surface area (TPSA) is 63.7 Å². The summed E-state index contributed by atoms with van der Waals surface area (Å²) in [6.07, 6.45) is 0. The zero-order valence-electron chi connectivity index (χ0n) is 16.2. The van der Waals surface area contributed by atoms with Crippen LogP contribution in [-0.4, -0.2) is 49.1 Å². The smallest absolute Gasteiger partial charge is 0.234 e. The fraction of sp³-hybridized carbons (Fsp3) is 0.333. The summed E-state index contributed by atoms with van der Waals surface area (Å²) in [4.78, 5) is 18.7. The second-order valence-corrected chi connectivity index (χ2v) is 7.47. The van der Waals surface area contributed by atoms with E-state index < -0.39 is 0 Å². The number of hydrogen-bond acceptors (Lipinski definition) is 6. The molecular weight excluding hydrogens is 374 g/mol. The molecule has 1 amide bonds. The van der Waals surface area contributed by atoms with E-state index in [1.54, 1.807) is 11.3 Å². The predicted molar refractivity (Wildman–Crippen MR) is 112 cm³/mol. The summed E-state index contributed by atoms with van der Waals surface area (Å²) >= 11 is 1.66. The summed E-state index contributed by atoms with van der Waals surface area (Å²) in [6, 6.07) is 15.5. The SMILES string of the molecule is CCOc1ccc(OCCNC(=O)CN(C)Cc2nc3ccccc3s2)cc1. The summed E-state index contributed by atoms with van der Waals surface area (Å²) in [6.45, 7) is 4.43. The van der Waals surface area contributed by atoms with E-state index in [-0.39, 0.29) is 5.91 Å². The third kappa shape index (κ3) is 5.94. The zero-order chi connectivity index (χ0) is 19.8. The van der Waals surface area contributed by atoms with Crippen molar-refractivity contribution in [1.29, 1.82) is 0 Å². The van der Waals surface area contributed by atoms with Crippen LogP contribution >= 0.6 is 11.3 Å². The number of fused-ring (bicyclic) bond motifs is 1. The molecule has 1 N–H and O–H groups in total. The maximum absolute atomic E-state index is 12.1. The highest BCUT2D eigenvalue weighted by Crippen LogP contribution is 2.22. The molecule has 3 rings (SSSR count). The third-order valence-electron chi connectivity index (χ3n) is 3.98. The van der Waals surface area contributed by atoms with Crippen LogP contribution in [0.15, 0.2) is 48.5 Å². The quantitative estimate of drug-likeness (QED) is 0.530. The number of aromatic nitrogens is 1. The van der Waals surface area contributed by atoms with Gasteiger partial charge in [0.15, 0.2) is 0 Å². The van der Waals surface area contributed by atoms with E-state index in [0.29, 0.717) is 32.8 Å². The molecule has 0 radical (unpaired) electrons. The summed E-state index contributed by atoms with van der Waals surface area (Å²) < 4.78 is 12.2. The number of para-hydroxylation sites is 1. The first kappa shape index (κ1) is 20.1. The van der Waals surface area contributed by atoms with Gasteiger partial charge in [0.1, 0.15) is 23.1 Å².